The minimum absolute atomic E-state index is 0.0152. The Morgan fingerprint density at radius 2 is 2.04 bits per heavy atom. The molecule has 0 fully saturated rings. The number of aromatic nitrogens is 3. The van der Waals surface area contributed by atoms with Gasteiger partial charge in [0.15, 0.2) is 5.15 Å². The third-order valence-electron chi connectivity index (χ3n) is 3.16. The first-order chi connectivity index (χ1) is 12.8. The number of thiazole rings is 1. The zero-order chi connectivity index (χ0) is 19.9. The molecule has 1 amide bonds. The molecule has 5 nitrogen and oxygen atoms in total. The number of carbonyl (C=O) groups is 1. The van der Waals surface area contributed by atoms with Crippen LogP contribution in [0.5, 0.6) is 0 Å². The largest absolute Gasteiger partial charge is 0.389 e. The Morgan fingerprint density at radius 1 is 1.33 bits per heavy atom. The second-order valence-corrected chi connectivity index (χ2v) is 7.71. The molecular formula is C16H14ClF3N4OS2. The van der Waals surface area contributed by atoms with Gasteiger partial charge in [0.05, 0.1) is 13.0 Å². The first-order valence-electron chi connectivity index (χ1n) is 7.62. The van der Waals surface area contributed by atoms with Gasteiger partial charge in [-0.25, -0.2) is 15.0 Å². The highest BCUT2D eigenvalue weighted by molar-refractivity contribution is 7.99. The molecule has 144 valence electrons. The van der Waals surface area contributed by atoms with E-state index < -0.39 is 12.6 Å². The van der Waals surface area contributed by atoms with Crippen molar-refractivity contribution in [1.29, 1.82) is 0 Å². The van der Waals surface area contributed by atoms with Gasteiger partial charge in [0, 0.05) is 35.9 Å². The summed E-state index contributed by atoms with van der Waals surface area (Å²) in [6.45, 7) is -0.0152. The number of rotatable bonds is 8. The standard InChI is InChI=1S/C16H14ClF3N4OS2/c1-2-5-24(12(25)3-6-26-7-4-16(18,19)20)15-13(17)23-14(27-15)11-8-21-10-22-9-11/h1,8-10H,3-7H2. The van der Waals surface area contributed by atoms with E-state index in [0.717, 1.165) is 11.8 Å². The maximum Gasteiger partial charge on any atom is 0.389 e. The van der Waals surface area contributed by atoms with E-state index in [1.54, 1.807) is 12.4 Å². The fraction of sp³-hybridized carbons (Fsp3) is 0.375. The molecule has 0 aliphatic heterocycles. The Labute approximate surface area is 167 Å². The second kappa shape index (κ2) is 9.92. The number of hydrogen-bond donors (Lipinski definition) is 0. The monoisotopic (exact) mass is 434 g/mol. The Hall–Kier alpha value is -1.83. The third-order valence-corrected chi connectivity index (χ3v) is 5.65. The highest BCUT2D eigenvalue weighted by atomic mass is 35.5. The highest BCUT2D eigenvalue weighted by Gasteiger charge is 2.26. The first-order valence-corrected chi connectivity index (χ1v) is 9.96. The van der Waals surface area contributed by atoms with Crippen LogP contribution < -0.4 is 4.90 Å². The van der Waals surface area contributed by atoms with Crippen molar-refractivity contribution in [2.45, 2.75) is 19.0 Å². The normalized spacial score (nSPS) is 11.2. The van der Waals surface area contributed by atoms with Crippen LogP contribution >= 0.6 is 34.7 Å². The van der Waals surface area contributed by atoms with E-state index in [1.165, 1.54) is 22.6 Å². The van der Waals surface area contributed by atoms with Gasteiger partial charge in [-0.2, -0.15) is 24.9 Å². The van der Waals surface area contributed by atoms with Crippen molar-refractivity contribution in [2.24, 2.45) is 0 Å². The summed E-state index contributed by atoms with van der Waals surface area (Å²) < 4.78 is 36.4. The van der Waals surface area contributed by atoms with E-state index in [1.807, 2.05) is 0 Å². The second-order valence-electron chi connectivity index (χ2n) is 5.15. The van der Waals surface area contributed by atoms with Crippen LogP contribution in [0.2, 0.25) is 5.15 Å². The molecule has 27 heavy (non-hydrogen) atoms. The molecule has 0 aliphatic carbocycles. The molecule has 11 heteroatoms. The Bertz CT molecular complexity index is 808. The molecule has 0 atom stereocenters. The molecule has 0 spiro atoms. The third kappa shape index (κ3) is 6.68. The van der Waals surface area contributed by atoms with Crippen molar-refractivity contribution in [2.75, 3.05) is 23.0 Å². The topological polar surface area (TPSA) is 59.0 Å². The summed E-state index contributed by atoms with van der Waals surface area (Å²) in [5.74, 6) is 2.23. The van der Waals surface area contributed by atoms with E-state index in [9.17, 15) is 18.0 Å². The molecule has 0 radical (unpaired) electrons. The van der Waals surface area contributed by atoms with Crippen LogP contribution in [0.4, 0.5) is 18.2 Å². The summed E-state index contributed by atoms with van der Waals surface area (Å²) in [4.78, 5) is 25.8. The number of terminal acetylenes is 1. The van der Waals surface area contributed by atoms with E-state index in [2.05, 4.69) is 20.9 Å². The predicted molar refractivity (Wildman–Crippen MR) is 102 cm³/mol. The first kappa shape index (κ1) is 21.5. The van der Waals surface area contributed by atoms with Crippen LogP contribution in [0, 0.1) is 12.3 Å². The lowest BCUT2D eigenvalue weighted by Crippen LogP contribution is -2.31. The van der Waals surface area contributed by atoms with Gasteiger partial charge < -0.3 is 0 Å². The van der Waals surface area contributed by atoms with E-state index in [4.69, 9.17) is 18.0 Å². The molecule has 0 bridgehead atoms. The SMILES string of the molecule is C#CCN(C(=O)CCSCCC(F)(F)F)c1sc(-c2cncnc2)nc1Cl. The minimum atomic E-state index is -4.19. The van der Waals surface area contributed by atoms with Gasteiger partial charge in [-0.05, 0) is 0 Å². The minimum Gasteiger partial charge on any atom is -0.289 e. The average molecular weight is 435 g/mol. The lowest BCUT2D eigenvalue weighted by Gasteiger charge is -2.18. The molecule has 2 heterocycles. The quantitative estimate of drug-likeness (QED) is 0.458. The molecule has 2 aromatic heterocycles. The number of nitrogens with zero attached hydrogens (tertiary/aromatic N) is 4. The Balaban J connectivity index is 2.03. The lowest BCUT2D eigenvalue weighted by atomic mass is 10.4. The number of alkyl halides is 3. The lowest BCUT2D eigenvalue weighted by molar-refractivity contribution is -0.129. The summed E-state index contributed by atoms with van der Waals surface area (Å²) in [6, 6.07) is 0. The van der Waals surface area contributed by atoms with Gasteiger partial charge in [-0.1, -0.05) is 28.9 Å². The summed E-state index contributed by atoms with van der Waals surface area (Å²) in [6.07, 6.45) is 4.82. The number of halogens is 4. The van der Waals surface area contributed by atoms with Crippen LogP contribution in [0.15, 0.2) is 18.7 Å². The zero-order valence-electron chi connectivity index (χ0n) is 13.9. The van der Waals surface area contributed by atoms with Crippen LogP contribution in [-0.2, 0) is 4.79 Å². The van der Waals surface area contributed by atoms with Crippen molar-refractivity contribution in [3.63, 3.8) is 0 Å². The van der Waals surface area contributed by atoms with Gasteiger partial charge in [0.2, 0.25) is 5.91 Å². The molecule has 2 rings (SSSR count). The van der Waals surface area contributed by atoms with Gasteiger partial charge in [-0.15, -0.1) is 6.42 Å². The van der Waals surface area contributed by atoms with E-state index in [-0.39, 0.29) is 35.5 Å². The number of amides is 1. The summed E-state index contributed by atoms with van der Waals surface area (Å²) in [7, 11) is 0. The molecule has 0 aromatic carbocycles. The number of hydrogen-bond acceptors (Lipinski definition) is 6. The van der Waals surface area contributed by atoms with Crippen LogP contribution in [0.1, 0.15) is 12.8 Å². The fourth-order valence-electron chi connectivity index (χ4n) is 1.94. The smallest absolute Gasteiger partial charge is 0.289 e. The van der Waals surface area contributed by atoms with Gasteiger partial charge in [0.1, 0.15) is 16.3 Å². The summed E-state index contributed by atoms with van der Waals surface area (Å²) >= 11 is 8.40. The maximum absolute atomic E-state index is 12.5. The van der Waals surface area contributed by atoms with Crippen molar-refractivity contribution in [3.8, 4) is 22.9 Å². The molecule has 2 aromatic rings. The van der Waals surface area contributed by atoms with Crippen LogP contribution in [-0.4, -0.2) is 45.1 Å². The van der Waals surface area contributed by atoms with Crippen molar-refractivity contribution >= 4 is 45.6 Å². The van der Waals surface area contributed by atoms with E-state index in [0.29, 0.717) is 15.6 Å². The Kier molecular flexibility index (Phi) is 7.89. The van der Waals surface area contributed by atoms with Crippen molar-refractivity contribution < 1.29 is 18.0 Å². The highest BCUT2D eigenvalue weighted by Crippen LogP contribution is 2.37. The maximum atomic E-state index is 12.5. The fourth-order valence-corrected chi connectivity index (χ4v) is 4.14. The average Bonchev–Trinajstić information content (AvgIpc) is 3.00. The van der Waals surface area contributed by atoms with Crippen molar-refractivity contribution in [1.82, 2.24) is 15.0 Å². The number of carbonyl (C=O) groups excluding carboxylic acids is 1. The Morgan fingerprint density at radius 3 is 2.67 bits per heavy atom. The van der Waals surface area contributed by atoms with Gasteiger partial charge in [0.25, 0.3) is 0 Å². The molecule has 0 saturated heterocycles. The molecule has 0 aliphatic rings. The van der Waals surface area contributed by atoms with Gasteiger partial charge >= 0.3 is 6.18 Å². The summed E-state index contributed by atoms with van der Waals surface area (Å²) in [5.41, 5.74) is 0.645. The molecular weight excluding hydrogens is 421 g/mol. The number of thioether (sulfide) groups is 1. The predicted octanol–water partition coefficient (Wildman–Crippen LogP) is 4.30. The van der Waals surface area contributed by atoms with Crippen LogP contribution in [0.25, 0.3) is 10.6 Å². The number of anilines is 1. The molecule has 0 saturated carbocycles. The van der Waals surface area contributed by atoms with Crippen LogP contribution in [0.3, 0.4) is 0 Å². The molecule has 0 unspecified atom stereocenters. The molecule has 0 N–H and O–H groups in total. The van der Waals surface area contributed by atoms with Gasteiger partial charge in [-0.3, -0.25) is 9.69 Å². The van der Waals surface area contributed by atoms with Crippen molar-refractivity contribution in [3.05, 3.63) is 23.9 Å². The zero-order valence-corrected chi connectivity index (χ0v) is 16.3. The summed E-state index contributed by atoms with van der Waals surface area (Å²) in [5, 5.41) is 1.04. The van der Waals surface area contributed by atoms with E-state index >= 15 is 0 Å².